The Balaban J connectivity index is 1.96. The number of benzene rings is 2. The molecule has 0 bridgehead atoms. The molecular formula is C25H26ClN7O3. The van der Waals surface area contributed by atoms with Crippen molar-refractivity contribution in [2.24, 2.45) is 5.73 Å². The minimum absolute atomic E-state index is 0.0856. The Bertz CT molecular complexity index is 1580. The fraction of sp³-hybridized carbons (Fsp3) is 0.280. The van der Waals surface area contributed by atoms with Crippen LogP contribution >= 0.6 is 11.6 Å². The number of fused-ring (bicyclic) bond motifs is 1. The van der Waals surface area contributed by atoms with Gasteiger partial charge in [0.2, 0.25) is 11.9 Å². The molecule has 36 heavy (non-hydrogen) atoms. The quantitative estimate of drug-likeness (QED) is 0.407. The molecule has 10 nitrogen and oxygen atoms in total. The van der Waals surface area contributed by atoms with E-state index >= 15 is 0 Å². The van der Waals surface area contributed by atoms with E-state index in [0.29, 0.717) is 41.9 Å². The minimum Gasteiger partial charge on any atom is -0.368 e. The molecule has 1 aliphatic rings. The van der Waals surface area contributed by atoms with Gasteiger partial charge >= 0.3 is 5.69 Å². The number of aryl methyl sites for hydroxylation is 1. The number of carbonyl (C=O) groups excluding carboxylic acids is 1. The lowest BCUT2D eigenvalue weighted by Crippen LogP contribution is -2.44. The summed E-state index contributed by atoms with van der Waals surface area (Å²) in [6.45, 7) is 4.26. The number of para-hydroxylation sites is 2. The van der Waals surface area contributed by atoms with E-state index in [2.05, 4.69) is 5.32 Å². The highest BCUT2D eigenvalue weighted by atomic mass is 35.5. The molecule has 3 heterocycles. The van der Waals surface area contributed by atoms with Gasteiger partial charge in [0.05, 0.1) is 16.4 Å². The van der Waals surface area contributed by atoms with Gasteiger partial charge in [-0.1, -0.05) is 48.9 Å². The average Bonchev–Trinajstić information content (AvgIpc) is 3.28. The molecule has 1 aliphatic heterocycles. The highest BCUT2D eigenvalue weighted by molar-refractivity contribution is 6.32. The van der Waals surface area contributed by atoms with Crippen LogP contribution < -0.4 is 27.2 Å². The Morgan fingerprint density at radius 1 is 1.03 bits per heavy atom. The number of primary amides is 1. The molecule has 5 rings (SSSR count). The average molecular weight is 508 g/mol. The Morgan fingerprint density at radius 2 is 1.69 bits per heavy atom. The zero-order valence-electron chi connectivity index (χ0n) is 19.8. The minimum atomic E-state index is -0.719. The molecule has 0 radical (unpaired) electrons. The topological polar surface area (TPSA) is 120 Å². The van der Waals surface area contributed by atoms with Crippen LogP contribution in [-0.4, -0.2) is 50.8 Å². The molecule has 0 unspecified atom stereocenters. The highest BCUT2D eigenvalue weighted by Crippen LogP contribution is 2.30. The largest absolute Gasteiger partial charge is 0.368 e. The van der Waals surface area contributed by atoms with Crippen molar-refractivity contribution in [2.45, 2.75) is 19.9 Å². The number of hydrogen-bond donors (Lipinski definition) is 2. The predicted octanol–water partition coefficient (Wildman–Crippen LogP) is 1.45. The normalized spacial score (nSPS) is 13.9. The van der Waals surface area contributed by atoms with Gasteiger partial charge in [-0.2, -0.15) is 4.98 Å². The van der Waals surface area contributed by atoms with Gasteiger partial charge in [-0.05, 0) is 30.2 Å². The smallest absolute Gasteiger partial charge is 0.337 e. The van der Waals surface area contributed by atoms with Crippen molar-refractivity contribution in [3.8, 4) is 11.4 Å². The number of halogens is 1. The molecule has 1 amide bonds. The van der Waals surface area contributed by atoms with E-state index in [1.165, 1.54) is 4.57 Å². The predicted molar refractivity (Wildman–Crippen MR) is 140 cm³/mol. The second-order valence-electron chi connectivity index (χ2n) is 8.57. The first-order chi connectivity index (χ1) is 17.4. The van der Waals surface area contributed by atoms with Crippen molar-refractivity contribution in [2.75, 3.05) is 31.1 Å². The van der Waals surface area contributed by atoms with Crippen LogP contribution in [0.15, 0.2) is 58.1 Å². The van der Waals surface area contributed by atoms with Gasteiger partial charge in [0, 0.05) is 26.2 Å². The van der Waals surface area contributed by atoms with Crippen LogP contribution in [0.4, 0.5) is 5.95 Å². The molecule has 1 saturated heterocycles. The molecule has 1 fully saturated rings. The molecule has 4 aromatic rings. The number of nitrogens with zero attached hydrogens (tertiary/aromatic N) is 5. The summed E-state index contributed by atoms with van der Waals surface area (Å²) >= 11 is 6.61. The van der Waals surface area contributed by atoms with Crippen molar-refractivity contribution >= 4 is 34.6 Å². The monoisotopic (exact) mass is 507 g/mol. The van der Waals surface area contributed by atoms with Crippen LogP contribution in [0, 0.1) is 0 Å². The van der Waals surface area contributed by atoms with E-state index in [0.717, 1.165) is 23.2 Å². The van der Waals surface area contributed by atoms with Gasteiger partial charge < -0.3 is 16.0 Å². The van der Waals surface area contributed by atoms with E-state index in [9.17, 15) is 14.4 Å². The van der Waals surface area contributed by atoms with Gasteiger partial charge in [0.15, 0.2) is 11.2 Å². The number of nitrogens with two attached hydrogens (primary N) is 1. The standard InChI is InChI=1S/C25H26ClN7O3/c1-2-16-7-3-5-9-18(16)33-23(35)21-22(31(25(33)36)15-20(27)34)29-24(30-13-11-28-12-14-30)32(21)19-10-6-4-8-17(19)26/h3-10,28H,2,11-15H2,1H3,(H2,27,34). The lowest BCUT2D eigenvalue weighted by molar-refractivity contribution is -0.118. The van der Waals surface area contributed by atoms with Crippen LogP contribution in [-0.2, 0) is 17.8 Å². The van der Waals surface area contributed by atoms with Gasteiger partial charge in [-0.25, -0.2) is 9.36 Å². The molecule has 186 valence electrons. The van der Waals surface area contributed by atoms with E-state index in [1.807, 2.05) is 30.0 Å². The maximum Gasteiger partial charge on any atom is 0.337 e. The number of nitrogens with one attached hydrogen (secondary N) is 1. The Kier molecular flexibility index (Phi) is 6.38. The van der Waals surface area contributed by atoms with E-state index in [1.54, 1.807) is 34.9 Å². The zero-order valence-corrected chi connectivity index (χ0v) is 20.5. The lowest BCUT2D eigenvalue weighted by Gasteiger charge is -2.28. The first-order valence-corrected chi connectivity index (χ1v) is 12.2. The van der Waals surface area contributed by atoms with E-state index < -0.39 is 23.7 Å². The SMILES string of the molecule is CCc1ccccc1-n1c(=O)c2c(nc(N3CCNCC3)n2-c2ccccc2Cl)n(CC(N)=O)c1=O. The fourth-order valence-electron chi connectivity index (χ4n) is 4.66. The van der Waals surface area contributed by atoms with Crippen LogP contribution in [0.5, 0.6) is 0 Å². The Morgan fingerprint density at radius 3 is 2.36 bits per heavy atom. The summed E-state index contributed by atoms with van der Waals surface area (Å²) in [6, 6.07) is 14.3. The zero-order chi connectivity index (χ0) is 25.4. The molecule has 3 N–H and O–H groups in total. The molecule has 0 aliphatic carbocycles. The molecular weight excluding hydrogens is 482 g/mol. The number of aromatic nitrogens is 4. The van der Waals surface area contributed by atoms with E-state index in [-0.39, 0.29) is 11.2 Å². The molecule has 0 spiro atoms. The number of hydrogen-bond acceptors (Lipinski definition) is 6. The number of carbonyl (C=O) groups is 1. The van der Waals surface area contributed by atoms with Crippen LogP contribution in [0.25, 0.3) is 22.5 Å². The highest BCUT2D eigenvalue weighted by Gasteiger charge is 2.28. The van der Waals surface area contributed by atoms with Crippen molar-refractivity contribution in [1.82, 2.24) is 24.0 Å². The third-order valence-electron chi connectivity index (χ3n) is 6.35. The first kappa shape index (κ1) is 23.8. The maximum absolute atomic E-state index is 14.2. The fourth-order valence-corrected chi connectivity index (χ4v) is 4.88. The van der Waals surface area contributed by atoms with Gasteiger partial charge in [0.25, 0.3) is 5.56 Å². The second-order valence-corrected chi connectivity index (χ2v) is 8.97. The number of imidazole rings is 1. The van der Waals surface area contributed by atoms with E-state index in [4.69, 9.17) is 22.3 Å². The summed E-state index contributed by atoms with van der Waals surface area (Å²) in [6.07, 6.45) is 0.603. The van der Waals surface area contributed by atoms with Crippen molar-refractivity contribution in [3.63, 3.8) is 0 Å². The van der Waals surface area contributed by atoms with Crippen LogP contribution in [0.3, 0.4) is 0 Å². The summed E-state index contributed by atoms with van der Waals surface area (Å²) in [4.78, 5) is 46.7. The summed E-state index contributed by atoms with van der Waals surface area (Å²) in [5.41, 5.74) is 6.34. The maximum atomic E-state index is 14.2. The summed E-state index contributed by atoms with van der Waals surface area (Å²) < 4.78 is 3.96. The second kappa shape index (κ2) is 9.63. The Labute approximate surface area is 211 Å². The number of anilines is 1. The summed E-state index contributed by atoms with van der Waals surface area (Å²) in [5.74, 6) is -0.251. The number of amides is 1. The van der Waals surface area contributed by atoms with Gasteiger partial charge in [-0.15, -0.1) is 0 Å². The van der Waals surface area contributed by atoms with Crippen molar-refractivity contribution in [3.05, 3.63) is 80.0 Å². The van der Waals surface area contributed by atoms with Crippen LogP contribution in [0.2, 0.25) is 5.02 Å². The first-order valence-electron chi connectivity index (χ1n) is 11.8. The molecule has 2 aromatic carbocycles. The van der Waals surface area contributed by atoms with Crippen LogP contribution in [0.1, 0.15) is 12.5 Å². The summed E-state index contributed by atoms with van der Waals surface area (Å²) in [5, 5.41) is 3.72. The summed E-state index contributed by atoms with van der Waals surface area (Å²) in [7, 11) is 0. The lowest BCUT2D eigenvalue weighted by atomic mass is 10.1. The van der Waals surface area contributed by atoms with Gasteiger partial charge in [0.1, 0.15) is 6.54 Å². The van der Waals surface area contributed by atoms with Gasteiger partial charge in [-0.3, -0.25) is 18.7 Å². The molecule has 11 heteroatoms. The molecule has 2 aromatic heterocycles. The molecule has 0 saturated carbocycles. The Hall–Kier alpha value is -3.89. The number of rotatable bonds is 6. The van der Waals surface area contributed by atoms with Crippen molar-refractivity contribution in [1.29, 1.82) is 0 Å². The molecule has 0 atom stereocenters. The third kappa shape index (κ3) is 3.98. The van der Waals surface area contributed by atoms with Crippen molar-refractivity contribution < 1.29 is 4.79 Å². The third-order valence-corrected chi connectivity index (χ3v) is 6.67. The number of piperazine rings is 1.